The van der Waals surface area contributed by atoms with E-state index in [-0.39, 0.29) is 0 Å². The summed E-state index contributed by atoms with van der Waals surface area (Å²) in [5.74, 6) is 0. The van der Waals surface area contributed by atoms with Crippen molar-refractivity contribution >= 4 is 0 Å². The molecule has 0 saturated carbocycles. The summed E-state index contributed by atoms with van der Waals surface area (Å²) in [4.78, 5) is 2.52. The number of aryl methyl sites for hydroxylation is 1. The Balaban J connectivity index is 1.97. The van der Waals surface area contributed by atoms with Crippen molar-refractivity contribution in [3.63, 3.8) is 0 Å². The minimum absolute atomic E-state index is 0.400. The number of nitrogens with one attached hydrogen (secondary N) is 1. The van der Waals surface area contributed by atoms with Crippen LogP contribution in [0.4, 0.5) is 0 Å². The van der Waals surface area contributed by atoms with Crippen LogP contribution >= 0.6 is 0 Å². The lowest BCUT2D eigenvalue weighted by Gasteiger charge is -2.34. The van der Waals surface area contributed by atoms with Crippen LogP contribution in [0.1, 0.15) is 37.4 Å². The van der Waals surface area contributed by atoms with E-state index in [1.54, 1.807) is 0 Å². The lowest BCUT2D eigenvalue weighted by Crippen LogP contribution is -2.45. The molecule has 1 N–H and O–H groups in total. The summed E-state index contributed by atoms with van der Waals surface area (Å²) >= 11 is 0. The lowest BCUT2D eigenvalue weighted by atomic mass is 10.0. The van der Waals surface area contributed by atoms with E-state index < -0.39 is 0 Å². The second kappa shape index (κ2) is 7.77. The molecule has 1 aliphatic rings. The predicted octanol–water partition coefficient (Wildman–Crippen LogP) is 2.62. The average molecular weight is 276 g/mol. The first-order valence-corrected chi connectivity index (χ1v) is 7.86. The van der Waals surface area contributed by atoms with Gasteiger partial charge in [-0.25, -0.2) is 0 Å². The van der Waals surface area contributed by atoms with Crippen LogP contribution in [-0.2, 0) is 11.2 Å². The van der Waals surface area contributed by atoms with E-state index in [0.29, 0.717) is 12.1 Å². The number of hydrogen-bond acceptors (Lipinski definition) is 3. The molecule has 1 aromatic carbocycles. The molecule has 112 valence electrons. The Labute approximate surface area is 123 Å². The highest BCUT2D eigenvalue weighted by atomic mass is 16.5. The van der Waals surface area contributed by atoms with Gasteiger partial charge < -0.3 is 10.1 Å². The van der Waals surface area contributed by atoms with Crippen LogP contribution in [0.15, 0.2) is 24.3 Å². The standard InChI is InChI=1S/C17H28N2O/c1-4-14-6-8-15(9-7-14)17(18-3)13-19-10-11-20-16(5-2)12-19/h6-9,16-18H,4-5,10-13H2,1-3H3. The number of nitrogens with zero attached hydrogens (tertiary/aromatic N) is 1. The van der Waals surface area contributed by atoms with Gasteiger partial charge >= 0.3 is 0 Å². The Morgan fingerprint density at radius 2 is 2.05 bits per heavy atom. The molecule has 0 spiro atoms. The molecule has 0 amide bonds. The summed E-state index contributed by atoms with van der Waals surface area (Å²) in [5, 5.41) is 3.45. The van der Waals surface area contributed by atoms with Gasteiger partial charge in [-0.2, -0.15) is 0 Å². The van der Waals surface area contributed by atoms with Crippen LogP contribution < -0.4 is 5.32 Å². The van der Waals surface area contributed by atoms with Crippen LogP contribution in [0.3, 0.4) is 0 Å². The first-order valence-electron chi connectivity index (χ1n) is 7.86. The number of benzene rings is 1. The second-order valence-electron chi connectivity index (χ2n) is 5.60. The van der Waals surface area contributed by atoms with Gasteiger partial charge in [-0.3, -0.25) is 4.90 Å². The highest BCUT2D eigenvalue weighted by Crippen LogP contribution is 2.17. The van der Waals surface area contributed by atoms with Crippen LogP contribution in [0, 0.1) is 0 Å². The van der Waals surface area contributed by atoms with Crippen LogP contribution in [0.5, 0.6) is 0 Å². The monoisotopic (exact) mass is 276 g/mol. The van der Waals surface area contributed by atoms with Crippen molar-refractivity contribution in [2.24, 2.45) is 0 Å². The molecule has 1 saturated heterocycles. The summed E-state index contributed by atoms with van der Waals surface area (Å²) < 4.78 is 5.75. The molecule has 0 radical (unpaired) electrons. The van der Waals surface area contributed by atoms with Crippen molar-refractivity contribution in [1.29, 1.82) is 0 Å². The van der Waals surface area contributed by atoms with Gasteiger partial charge in [0.25, 0.3) is 0 Å². The fourth-order valence-electron chi connectivity index (χ4n) is 2.80. The molecule has 2 unspecified atom stereocenters. The molecule has 0 aliphatic carbocycles. The second-order valence-corrected chi connectivity index (χ2v) is 5.60. The van der Waals surface area contributed by atoms with E-state index in [2.05, 4.69) is 55.4 Å². The summed E-state index contributed by atoms with van der Waals surface area (Å²) in [6.45, 7) is 8.42. The lowest BCUT2D eigenvalue weighted by molar-refractivity contribution is -0.0320. The van der Waals surface area contributed by atoms with E-state index in [1.807, 2.05) is 0 Å². The zero-order valence-corrected chi connectivity index (χ0v) is 13.1. The molecule has 3 heteroatoms. The van der Waals surface area contributed by atoms with Gasteiger partial charge in [0.2, 0.25) is 0 Å². The van der Waals surface area contributed by atoms with E-state index in [4.69, 9.17) is 4.74 Å². The minimum Gasteiger partial charge on any atom is -0.376 e. The quantitative estimate of drug-likeness (QED) is 0.864. The number of hydrogen-bond donors (Lipinski definition) is 1. The minimum atomic E-state index is 0.400. The Hall–Kier alpha value is -0.900. The molecule has 0 bridgehead atoms. The van der Waals surface area contributed by atoms with Crippen LogP contribution in [0.25, 0.3) is 0 Å². The molecule has 2 atom stereocenters. The molecule has 1 aliphatic heterocycles. The van der Waals surface area contributed by atoms with Gasteiger partial charge in [-0.1, -0.05) is 38.1 Å². The smallest absolute Gasteiger partial charge is 0.0700 e. The molecule has 1 fully saturated rings. The Kier molecular flexibility index (Phi) is 6.02. The molecular formula is C17H28N2O. The predicted molar refractivity (Wildman–Crippen MR) is 84.1 cm³/mol. The Morgan fingerprint density at radius 3 is 2.65 bits per heavy atom. The molecular weight excluding hydrogens is 248 g/mol. The molecule has 1 aromatic rings. The molecule has 3 nitrogen and oxygen atoms in total. The van der Waals surface area contributed by atoms with Gasteiger partial charge in [-0.05, 0) is 31.0 Å². The highest BCUT2D eigenvalue weighted by molar-refractivity contribution is 5.25. The molecule has 2 rings (SSSR count). The summed E-state index contributed by atoms with van der Waals surface area (Å²) in [7, 11) is 2.05. The third kappa shape index (κ3) is 4.05. The van der Waals surface area contributed by atoms with Gasteiger partial charge in [0.15, 0.2) is 0 Å². The van der Waals surface area contributed by atoms with E-state index in [9.17, 15) is 0 Å². The van der Waals surface area contributed by atoms with Gasteiger partial charge in [-0.15, -0.1) is 0 Å². The van der Waals surface area contributed by atoms with Crippen molar-refractivity contribution in [2.45, 2.75) is 38.8 Å². The van der Waals surface area contributed by atoms with Crippen molar-refractivity contribution in [2.75, 3.05) is 33.3 Å². The third-order valence-electron chi connectivity index (χ3n) is 4.26. The zero-order valence-electron chi connectivity index (χ0n) is 13.1. The molecule has 0 aromatic heterocycles. The number of ether oxygens (including phenoxy) is 1. The normalized spacial score (nSPS) is 21.9. The van der Waals surface area contributed by atoms with Gasteiger partial charge in [0, 0.05) is 25.7 Å². The molecule has 20 heavy (non-hydrogen) atoms. The fraction of sp³-hybridized carbons (Fsp3) is 0.647. The van der Waals surface area contributed by atoms with E-state index in [0.717, 1.165) is 39.1 Å². The van der Waals surface area contributed by atoms with Crippen molar-refractivity contribution < 1.29 is 4.74 Å². The Morgan fingerprint density at radius 1 is 1.30 bits per heavy atom. The summed E-state index contributed by atoms with van der Waals surface area (Å²) in [6.07, 6.45) is 2.61. The third-order valence-corrected chi connectivity index (χ3v) is 4.26. The maximum absolute atomic E-state index is 5.75. The Bertz CT molecular complexity index is 390. The van der Waals surface area contributed by atoms with Crippen molar-refractivity contribution in [3.8, 4) is 0 Å². The van der Waals surface area contributed by atoms with Crippen LogP contribution in [-0.4, -0.2) is 44.3 Å². The maximum Gasteiger partial charge on any atom is 0.0700 e. The topological polar surface area (TPSA) is 24.5 Å². The SMILES string of the molecule is CCc1ccc(C(CN2CCOC(CC)C2)NC)cc1. The molecule has 1 heterocycles. The number of morpholine rings is 1. The first kappa shape index (κ1) is 15.5. The number of likely N-dealkylation sites (N-methyl/N-ethyl adjacent to an activating group) is 1. The first-order chi connectivity index (χ1) is 9.76. The largest absolute Gasteiger partial charge is 0.376 e. The van der Waals surface area contributed by atoms with Gasteiger partial charge in [0.05, 0.1) is 12.7 Å². The number of rotatable bonds is 6. The average Bonchev–Trinajstić information content (AvgIpc) is 2.53. The highest BCUT2D eigenvalue weighted by Gasteiger charge is 2.21. The van der Waals surface area contributed by atoms with E-state index >= 15 is 0 Å². The van der Waals surface area contributed by atoms with Crippen LogP contribution in [0.2, 0.25) is 0 Å². The van der Waals surface area contributed by atoms with Crippen molar-refractivity contribution in [1.82, 2.24) is 10.2 Å². The summed E-state index contributed by atoms with van der Waals surface area (Å²) in [6, 6.07) is 9.41. The van der Waals surface area contributed by atoms with Gasteiger partial charge in [0.1, 0.15) is 0 Å². The fourth-order valence-corrected chi connectivity index (χ4v) is 2.80. The summed E-state index contributed by atoms with van der Waals surface area (Å²) in [5.41, 5.74) is 2.78. The maximum atomic E-state index is 5.75. The zero-order chi connectivity index (χ0) is 14.4. The van der Waals surface area contributed by atoms with E-state index in [1.165, 1.54) is 11.1 Å². The van der Waals surface area contributed by atoms with Crippen molar-refractivity contribution in [3.05, 3.63) is 35.4 Å².